The van der Waals surface area contributed by atoms with Crippen molar-refractivity contribution in [3.05, 3.63) is 105 Å². The Hall–Kier alpha value is -3.72. The first-order valence-electron chi connectivity index (χ1n) is 14.9. The zero-order valence-corrected chi connectivity index (χ0v) is 28.4. The van der Waals surface area contributed by atoms with Gasteiger partial charge in [-0.15, -0.1) is 0 Å². The quantitative estimate of drug-likeness (QED) is 0.112. The molecule has 2 aliphatic rings. The monoisotopic (exact) mass is 732 g/mol. The minimum Gasteiger partial charge on any atom is -0.371 e. The lowest BCUT2D eigenvalue weighted by atomic mass is 10.1. The van der Waals surface area contributed by atoms with Gasteiger partial charge in [-0.1, -0.05) is 58.5 Å². The normalized spacial score (nSPS) is 17.3. The van der Waals surface area contributed by atoms with Gasteiger partial charge in [-0.3, -0.25) is 0 Å². The highest BCUT2D eigenvalue weighted by Crippen LogP contribution is 2.29. The number of pyridine rings is 2. The Morgan fingerprint density at radius 2 is 1.06 bits per heavy atom. The maximum absolute atomic E-state index is 12.0. The molecule has 2 aromatic carbocycles. The van der Waals surface area contributed by atoms with Crippen molar-refractivity contribution in [2.24, 2.45) is 0 Å². The number of anilines is 4. The summed E-state index contributed by atoms with van der Waals surface area (Å²) in [4.78, 5) is 31.9. The summed E-state index contributed by atoms with van der Waals surface area (Å²) in [6, 6.07) is 16.6. The molecule has 2 atom stereocenters. The second-order valence-electron chi connectivity index (χ2n) is 10.5. The van der Waals surface area contributed by atoms with E-state index in [0.717, 1.165) is 37.3 Å². The predicted octanol–water partition coefficient (Wildman–Crippen LogP) is 7.39. The van der Waals surface area contributed by atoms with E-state index in [9.17, 15) is 9.59 Å². The Balaban J connectivity index is 0.000000188. The summed E-state index contributed by atoms with van der Waals surface area (Å²) in [6.07, 6.45) is 2.89. The SMILES string of the molecule is O=C(Nc1ccc(Cl)nc1)Nc1ccc(C2CNCCO2)cc1Cl.O=C(Nc1ccc(Cl)nc1)Nc1ccc([C@H]2CNCCO2)cc1Cl. The van der Waals surface area contributed by atoms with Gasteiger partial charge in [-0.25, -0.2) is 19.6 Å². The molecular formula is C32H32Cl4N8O4. The third-order valence-electron chi connectivity index (χ3n) is 7.05. The number of nitrogens with one attached hydrogen (secondary N) is 6. The number of halogens is 4. The van der Waals surface area contributed by atoms with E-state index >= 15 is 0 Å². The molecule has 2 aromatic heterocycles. The van der Waals surface area contributed by atoms with Gasteiger partial charge in [0.2, 0.25) is 0 Å². The third kappa shape index (κ3) is 10.6. The maximum Gasteiger partial charge on any atom is 0.323 e. The van der Waals surface area contributed by atoms with Gasteiger partial charge in [-0.2, -0.15) is 0 Å². The van der Waals surface area contributed by atoms with Crippen molar-refractivity contribution in [3.8, 4) is 0 Å². The van der Waals surface area contributed by atoms with Gasteiger partial charge in [-0.05, 0) is 59.7 Å². The van der Waals surface area contributed by atoms with E-state index in [1.165, 1.54) is 12.4 Å². The summed E-state index contributed by atoms with van der Waals surface area (Å²) in [6.45, 7) is 4.52. The lowest BCUT2D eigenvalue weighted by Gasteiger charge is -2.24. The van der Waals surface area contributed by atoms with Gasteiger partial charge in [0.1, 0.15) is 10.3 Å². The number of urea groups is 2. The molecule has 48 heavy (non-hydrogen) atoms. The molecule has 4 heterocycles. The Morgan fingerprint density at radius 3 is 1.40 bits per heavy atom. The highest BCUT2D eigenvalue weighted by atomic mass is 35.5. The van der Waals surface area contributed by atoms with Crippen LogP contribution in [-0.2, 0) is 9.47 Å². The van der Waals surface area contributed by atoms with Crippen LogP contribution in [0.1, 0.15) is 23.3 Å². The molecule has 2 fully saturated rings. The Labute approximate surface area is 297 Å². The molecule has 2 aliphatic heterocycles. The zero-order valence-electron chi connectivity index (χ0n) is 25.4. The lowest BCUT2D eigenvalue weighted by molar-refractivity contribution is 0.0276. The minimum absolute atomic E-state index is 0.0285. The molecule has 1 unspecified atom stereocenters. The molecular weight excluding hydrogens is 702 g/mol. The second-order valence-corrected chi connectivity index (χ2v) is 12.1. The van der Waals surface area contributed by atoms with E-state index in [4.69, 9.17) is 55.9 Å². The number of aromatic nitrogens is 2. The van der Waals surface area contributed by atoms with Crippen molar-refractivity contribution in [1.29, 1.82) is 0 Å². The van der Waals surface area contributed by atoms with E-state index in [2.05, 4.69) is 41.9 Å². The van der Waals surface area contributed by atoms with Gasteiger partial charge in [0.15, 0.2) is 0 Å². The maximum atomic E-state index is 12.0. The van der Waals surface area contributed by atoms with Crippen LogP contribution in [0, 0.1) is 0 Å². The molecule has 4 aromatic rings. The van der Waals surface area contributed by atoms with Crippen LogP contribution in [0.5, 0.6) is 0 Å². The largest absolute Gasteiger partial charge is 0.371 e. The van der Waals surface area contributed by atoms with E-state index in [1.54, 1.807) is 48.5 Å². The number of ether oxygens (including phenoxy) is 2. The van der Waals surface area contributed by atoms with Gasteiger partial charge < -0.3 is 41.4 Å². The molecule has 252 valence electrons. The molecule has 0 aliphatic carbocycles. The van der Waals surface area contributed by atoms with Crippen LogP contribution in [-0.4, -0.2) is 61.4 Å². The van der Waals surface area contributed by atoms with Crippen molar-refractivity contribution in [2.45, 2.75) is 12.2 Å². The predicted molar refractivity (Wildman–Crippen MR) is 190 cm³/mol. The van der Waals surface area contributed by atoms with Gasteiger partial charge in [0.05, 0.1) is 70.6 Å². The summed E-state index contributed by atoms with van der Waals surface area (Å²) < 4.78 is 11.4. The molecule has 4 amide bonds. The summed E-state index contributed by atoms with van der Waals surface area (Å²) in [5.74, 6) is 0. The lowest BCUT2D eigenvalue weighted by Crippen LogP contribution is -2.33. The van der Waals surface area contributed by atoms with Crippen LogP contribution in [0.2, 0.25) is 20.4 Å². The van der Waals surface area contributed by atoms with Crippen LogP contribution in [0.25, 0.3) is 0 Å². The van der Waals surface area contributed by atoms with E-state index in [0.29, 0.717) is 56.3 Å². The van der Waals surface area contributed by atoms with Crippen molar-refractivity contribution in [1.82, 2.24) is 20.6 Å². The molecule has 6 N–H and O–H groups in total. The molecule has 2 saturated heterocycles. The first-order valence-corrected chi connectivity index (χ1v) is 16.4. The number of benzene rings is 2. The van der Waals surface area contributed by atoms with Gasteiger partial charge in [0.25, 0.3) is 0 Å². The van der Waals surface area contributed by atoms with Crippen molar-refractivity contribution < 1.29 is 19.1 Å². The highest BCUT2D eigenvalue weighted by Gasteiger charge is 2.18. The smallest absolute Gasteiger partial charge is 0.323 e. The van der Waals surface area contributed by atoms with Crippen molar-refractivity contribution >= 4 is 81.2 Å². The molecule has 0 spiro atoms. The van der Waals surface area contributed by atoms with Crippen LogP contribution < -0.4 is 31.9 Å². The molecule has 12 nitrogen and oxygen atoms in total. The van der Waals surface area contributed by atoms with Crippen LogP contribution in [0.4, 0.5) is 32.3 Å². The Bertz CT molecular complexity index is 1560. The molecule has 0 bridgehead atoms. The molecule has 0 saturated carbocycles. The summed E-state index contributed by atoms with van der Waals surface area (Å²) in [7, 11) is 0. The van der Waals surface area contributed by atoms with E-state index in [-0.39, 0.29) is 12.2 Å². The van der Waals surface area contributed by atoms with E-state index < -0.39 is 12.1 Å². The van der Waals surface area contributed by atoms with Gasteiger partial charge in [0, 0.05) is 26.2 Å². The minimum atomic E-state index is -0.413. The number of morpholine rings is 2. The fourth-order valence-electron chi connectivity index (χ4n) is 4.69. The Kier molecular flexibility index (Phi) is 13.1. The number of hydrogen-bond acceptors (Lipinski definition) is 8. The second kappa shape index (κ2) is 17.6. The Morgan fingerprint density at radius 1 is 0.625 bits per heavy atom. The number of hydrogen-bond donors (Lipinski definition) is 6. The topological polar surface area (TPSA) is 151 Å². The number of carbonyl (C=O) groups excluding carboxylic acids is 2. The summed E-state index contributed by atoms with van der Waals surface area (Å²) in [5.41, 5.74) is 4.05. The van der Waals surface area contributed by atoms with Crippen LogP contribution >= 0.6 is 46.4 Å². The van der Waals surface area contributed by atoms with Gasteiger partial charge >= 0.3 is 12.1 Å². The fraction of sp³-hybridized carbons (Fsp3) is 0.250. The summed E-state index contributed by atoms with van der Waals surface area (Å²) in [5, 5.41) is 18.9. The van der Waals surface area contributed by atoms with Crippen molar-refractivity contribution in [3.63, 3.8) is 0 Å². The number of rotatable bonds is 6. The number of nitrogens with zero attached hydrogens (tertiary/aromatic N) is 2. The van der Waals surface area contributed by atoms with Crippen molar-refractivity contribution in [2.75, 3.05) is 60.7 Å². The highest BCUT2D eigenvalue weighted by molar-refractivity contribution is 6.34. The number of amides is 4. The molecule has 16 heteroatoms. The summed E-state index contributed by atoms with van der Waals surface area (Å²) >= 11 is 23.9. The first-order chi connectivity index (χ1) is 23.2. The average molecular weight is 734 g/mol. The third-order valence-corrected chi connectivity index (χ3v) is 8.12. The fourth-order valence-corrected chi connectivity index (χ4v) is 5.39. The van der Waals surface area contributed by atoms with Crippen LogP contribution in [0.15, 0.2) is 73.1 Å². The zero-order chi connectivity index (χ0) is 33.9. The van der Waals surface area contributed by atoms with Crippen LogP contribution in [0.3, 0.4) is 0 Å². The first kappa shape index (κ1) is 35.6. The molecule has 6 rings (SSSR count). The molecule has 0 radical (unpaired) electrons. The number of carbonyl (C=O) groups is 2. The standard InChI is InChI=1S/2C16H16Cl2N4O2/c2*17-12-7-10(14-9-19-5-6-24-14)1-3-13(12)22-16(23)21-11-2-4-15(18)20-8-11/h2*1-4,7-8,14,19H,5-6,9H2,(H2,21,22,23)/t14-;/m1./s1. The van der Waals surface area contributed by atoms with E-state index in [1.807, 2.05) is 12.1 Å². The average Bonchev–Trinajstić information content (AvgIpc) is 3.10.